The highest BCUT2D eigenvalue weighted by molar-refractivity contribution is 5.92. The van der Waals surface area contributed by atoms with E-state index in [9.17, 15) is 14.4 Å². The predicted molar refractivity (Wildman–Crippen MR) is 40.2 cm³/mol. The van der Waals surface area contributed by atoms with Gasteiger partial charge in [0.1, 0.15) is 0 Å². The van der Waals surface area contributed by atoms with Gasteiger partial charge in [0.05, 0.1) is 0 Å². The maximum atomic E-state index is 11.3. The zero-order valence-corrected chi connectivity index (χ0v) is 7.19. The number of carboxylic acid groups (broad SMARTS) is 1. The van der Waals surface area contributed by atoms with E-state index in [4.69, 9.17) is 9.84 Å². The molecule has 2 aliphatic heterocycles. The minimum Gasteiger partial charge on any atom is -0.479 e. The molecule has 0 radical (unpaired) electrons. The van der Waals surface area contributed by atoms with Crippen molar-refractivity contribution in [2.75, 3.05) is 0 Å². The molecule has 2 aliphatic rings. The van der Waals surface area contributed by atoms with Gasteiger partial charge >= 0.3 is 17.9 Å². The molecule has 0 aromatic carbocycles. The van der Waals surface area contributed by atoms with Gasteiger partial charge in [0.2, 0.25) is 11.7 Å². The lowest BCUT2D eigenvalue weighted by molar-refractivity contribution is -0.166. The van der Waals surface area contributed by atoms with Crippen LogP contribution in [-0.2, 0) is 23.9 Å². The minimum atomic E-state index is -1.32. The van der Waals surface area contributed by atoms with Crippen molar-refractivity contribution in [1.82, 2.24) is 0 Å². The second-order valence-electron chi connectivity index (χ2n) is 3.40. The Morgan fingerprint density at radius 3 is 2.64 bits per heavy atom. The molecule has 0 aromatic heterocycles. The smallest absolute Gasteiger partial charge is 0.351 e. The van der Waals surface area contributed by atoms with E-state index < -0.39 is 29.6 Å². The van der Waals surface area contributed by atoms with Crippen molar-refractivity contribution < 1.29 is 29.0 Å². The van der Waals surface area contributed by atoms with E-state index in [-0.39, 0.29) is 19.3 Å². The first-order valence-corrected chi connectivity index (χ1v) is 4.19. The largest absolute Gasteiger partial charge is 0.479 e. The van der Waals surface area contributed by atoms with Gasteiger partial charge in [-0.15, -0.1) is 0 Å². The van der Waals surface area contributed by atoms with E-state index in [1.807, 2.05) is 0 Å². The summed E-state index contributed by atoms with van der Waals surface area (Å²) in [4.78, 5) is 32.7. The molecule has 0 aliphatic carbocycles. The van der Waals surface area contributed by atoms with Crippen molar-refractivity contribution in [2.24, 2.45) is 0 Å². The Labute approximate surface area is 78.8 Å². The minimum absolute atomic E-state index is 0.0765. The van der Waals surface area contributed by atoms with Crippen molar-refractivity contribution in [1.29, 1.82) is 0 Å². The molecule has 6 heteroatoms. The molecule has 2 saturated heterocycles. The van der Waals surface area contributed by atoms with Crippen molar-refractivity contribution in [3.63, 3.8) is 0 Å². The molecule has 0 saturated carbocycles. The van der Waals surface area contributed by atoms with Gasteiger partial charge in [-0.1, -0.05) is 0 Å². The Morgan fingerprint density at radius 2 is 2.21 bits per heavy atom. The molecule has 1 spiro atoms. The van der Waals surface area contributed by atoms with Crippen LogP contribution in [0.25, 0.3) is 0 Å². The standard InChI is InChI=1S/C8H8O6/c9-5-1-2-8(14-5)3-4(6(10)11)13-7(8)12/h4H,1-3H2,(H,10,11)/t4-,8-/m1/s1. The number of hydrogen-bond acceptors (Lipinski definition) is 5. The van der Waals surface area contributed by atoms with Crippen LogP contribution in [0, 0.1) is 0 Å². The van der Waals surface area contributed by atoms with Crippen LogP contribution in [0.2, 0.25) is 0 Å². The molecule has 2 rings (SSSR count). The lowest BCUT2D eigenvalue weighted by Gasteiger charge is -2.15. The van der Waals surface area contributed by atoms with Crippen molar-refractivity contribution >= 4 is 17.9 Å². The highest BCUT2D eigenvalue weighted by Crippen LogP contribution is 2.38. The van der Waals surface area contributed by atoms with E-state index >= 15 is 0 Å². The van der Waals surface area contributed by atoms with Crippen LogP contribution in [0.5, 0.6) is 0 Å². The summed E-state index contributed by atoms with van der Waals surface area (Å²) in [6.07, 6.45) is -0.906. The molecule has 0 aromatic rings. The second kappa shape index (κ2) is 2.70. The molecule has 2 heterocycles. The lowest BCUT2D eigenvalue weighted by Crippen LogP contribution is -2.34. The van der Waals surface area contributed by atoms with Crippen LogP contribution in [0.3, 0.4) is 0 Å². The van der Waals surface area contributed by atoms with Gasteiger partial charge in [0.15, 0.2) is 0 Å². The van der Waals surface area contributed by atoms with Gasteiger partial charge in [-0.3, -0.25) is 4.79 Å². The summed E-state index contributed by atoms with van der Waals surface area (Å²) in [5, 5.41) is 8.62. The summed E-state index contributed by atoms with van der Waals surface area (Å²) >= 11 is 0. The summed E-state index contributed by atoms with van der Waals surface area (Å²) < 4.78 is 9.42. The number of rotatable bonds is 1. The Balaban J connectivity index is 2.19. The molecular weight excluding hydrogens is 192 g/mol. The predicted octanol–water partition coefficient (Wildman–Crippen LogP) is -0.538. The summed E-state index contributed by atoms with van der Waals surface area (Å²) in [5.41, 5.74) is -1.32. The molecule has 0 amide bonds. The van der Waals surface area contributed by atoms with Crippen LogP contribution in [-0.4, -0.2) is 34.7 Å². The quantitative estimate of drug-likeness (QED) is 0.572. The normalized spacial score (nSPS) is 35.9. The number of ether oxygens (including phenoxy) is 2. The highest BCUT2D eigenvalue weighted by Gasteiger charge is 2.57. The number of aliphatic carboxylic acids is 1. The average Bonchev–Trinajstić information content (AvgIpc) is 2.60. The van der Waals surface area contributed by atoms with Gasteiger partial charge in [-0.2, -0.15) is 0 Å². The molecule has 1 N–H and O–H groups in total. The maximum Gasteiger partial charge on any atom is 0.351 e. The van der Waals surface area contributed by atoms with Gasteiger partial charge in [-0.05, 0) is 0 Å². The third-order valence-corrected chi connectivity index (χ3v) is 2.45. The number of hydrogen-bond donors (Lipinski definition) is 1. The monoisotopic (exact) mass is 200 g/mol. The zero-order chi connectivity index (χ0) is 10.3. The molecule has 2 atom stereocenters. The lowest BCUT2D eigenvalue weighted by atomic mass is 9.96. The molecule has 14 heavy (non-hydrogen) atoms. The van der Waals surface area contributed by atoms with E-state index in [1.165, 1.54) is 0 Å². The SMILES string of the molecule is O=C1CC[C@]2(C[C@H](C(=O)O)OC2=O)O1. The summed E-state index contributed by atoms with van der Waals surface area (Å²) in [5.74, 6) is -2.43. The Kier molecular flexibility index (Phi) is 1.73. The third-order valence-electron chi connectivity index (χ3n) is 2.45. The van der Waals surface area contributed by atoms with E-state index in [2.05, 4.69) is 4.74 Å². The van der Waals surface area contributed by atoms with Crippen molar-refractivity contribution in [3.05, 3.63) is 0 Å². The topological polar surface area (TPSA) is 89.9 Å². The fourth-order valence-corrected chi connectivity index (χ4v) is 1.71. The fraction of sp³-hybridized carbons (Fsp3) is 0.625. The first-order chi connectivity index (χ1) is 6.53. The Hall–Kier alpha value is -1.59. The van der Waals surface area contributed by atoms with Gasteiger partial charge in [-0.25, -0.2) is 9.59 Å². The van der Waals surface area contributed by atoms with Crippen LogP contribution in [0.15, 0.2) is 0 Å². The average molecular weight is 200 g/mol. The molecule has 2 fully saturated rings. The molecule has 0 bridgehead atoms. The Morgan fingerprint density at radius 1 is 1.50 bits per heavy atom. The Bertz CT molecular complexity index is 322. The number of carbonyl (C=O) groups excluding carboxylic acids is 2. The van der Waals surface area contributed by atoms with Crippen LogP contribution in [0.1, 0.15) is 19.3 Å². The van der Waals surface area contributed by atoms with Crippen LogP contribution >= 0.6 is 0 Å². The van der Waals surface area contributed by atoms with Crippen LogP contribution in [0.4, 0.5) is 0 Å². The van der Waals surface area contributed by atoms with E-state index in [0.29, 0.717) is 0 Å². The first-order valence-electron chi connectivity index (χ1n) is 4.19. The second-order valence-corrected chi connectivity index (χ2v) is 3.40. The first kappa shape index (κ1) is 8.98. The number of carboxylic acids is 1. The third kappa shape index (κ3) is 1.14. The zero-order valence-electron chi connectivity index (χ0n) is 7.19. The van der Waals surface area contributed by atoms with Crippen molar-refractivity contribution in [2.45, 2.75) is 31.0 Å². The van der Waals surface area contributed by atoms with Gasteiger partial charge in [0.25, 0.3) is 0 Å². The fourth-order valence-electron chi connectivity index (χ4n) is 1.71. The summed E-state index contributed by atoms with van der Waals surface area (Å²) in [7, 11) is 0. The summed E-state index contributed by atoms with van der Waals surface area (Å²) in [6.45, 7) is 0. The molecule has 76 valence electrons. The van der Waals surface area contributed by atoms with Gasteiger partial charge < -0.3 is 14.6 Å². The molecule has 0 unspecified atom stereocenters. The summed E-state index contributed by atoms with van der Waals surface area (Å²) in [6, 6.07) is 0. The number of esters is 2. The van der Waals surface area contributed by atoms with E-state index in [0.717, 1.165) is 0 Å². The highest BCUT2D eigenvalue weighted by atomic mass is 16.6. The number of carbonyl (C=O) groups is 3. The van der Waals surface area contributed by atoms with E-state index in [1.54, 1.807) is 0 Å². The van der Waals surface area contributed by atoms with Crippen LogP contribution < -0.4 is 0 Å². The van der Waals surface area contributed by atoms with Gasteiger partial charge in [0, 0.05) is 19.3 Å². The molecular formula is C8H8O6. The maximum absolute atomic E-state index is 11.3. The number of cyclic esters (lactones) is 1. The molecule has 6 nitrogen and oxygen atoms in total. The van der Waals surface area contributed by atoms with Crippen molar-refractivity contribution in [3.8, 4) is 0 Å².